The molecule has 0 bridgehead atoms. The van der Waals surface area contributed by atoms with Crippen molar-refractivity contribution >= 4 is 23.0 Å². The van der Waals surface area contributed by atoms with Crippen molar-refractivity contribution < 1.29 is 4.79 Å². The SMILES string of the molecule is Cc1cccc(NC(=O)C2Cc3ccccc3N(C)c3ccccc32)c1. The summed E-state index contributed by atoms with van der Waals surface area (Å²) in [7, 11) is 2.07. The van der Waals surface area contributed by atoms with E-state index < -0.39 is 0 Å². The van der Waals surface area contributed by atoms with Gasteiger partial charge in [0.15, 0.2) is 0 Å². The zero-order valence-corrected chi connectivity index (χ0v) is 15.1. The Hall–Kier alpha value is -3.07. The highest BCUT2D eigenvalue weighted by Gasteiger charge is 2.29. The molecule has 1 aliphatic heterocycles. The number of carbonyl (C=O) groups excluding carboxylic acids is 1. The molecule has 1 aliphatic rings. The van der Waals surface area contributed by atoms with Crippen LogP contribution in [0.3, 0.4) is 0 Å². The number of amides is 1. The summed E-state index contributed by atoms with van der Waals surface area (Å²) in [6.07, 6.45) is 0.690. The minimum Gasteiger partial charge on any atom is -0.344 e. The summed E-state index contributed by atoms with van der Waals surface area (Å²) in [5.74, 6) is -0.189. The Bertz CT molecular complexity index is 964. The third kappa shape index (κ3) is 2.97. The lowest BCUT2D eigenvalue weighted by Gasteiger charge is -2.22. The van der Waals surface area contributed by atoms with Crippen molar-refractivity contribution in [1.29, 1.82) is 0 Å². The standard InChI is InChI=1S/C23H22N2O/c1-16-8-7-10-18(14-16)24-23(26)20-15-17-9-3-5-12-21(17)25(2)22-13-6-4-11-19(20)22/h3-14,20H,15H2,1-2H3,(H,24,26). The molecule has 3 aromatic rings. The predicted molar refractivity (Wildman–Crippen MR) is 107 cm³/mol. The number of benzene rings is 3. The highest BCUT2D eigenvalue weighted by atomic mass is 16.1. The quantitative estimate of drug-likeness (QED) is 0.707. The minimum absolute atomic E-state index is 0.0353. The van der Waals surface area contributed by atoms with E-state index in [1.165, 1.54) is 5.56 Å². The summed E-state index contributed by atoms with van der Waals surface area (Å²) in [5.41, 5.74) is 6.48. The van der Waals surface area contributed by atoms with E-state index >= 15 is 0 Å². The minimum atomic E-state index is -0.224. The third-order valence-corrected chi connectivity index (χ3v) is 5.05. The summed E-state index contributed by atoms with van der Waals surface area (Å²) in [6.45, 7) is 2.03. The van der Waals surface area contributed by atoms with Crippen molar-refractivity contribution in [3.8, 4) is 0 Å². The second-order valence-electron chi connectivity index (χ2n) is 6.86. The van der Waals surface area contributed by atoms with Crippen LogP contribution in [0.5, 0.6) is 0 Å². The van der Waals surface area contributed by atoms with Gasteiger partial charge in [-0.3, -0.25) is 4.79 Å². The highest BCUT2D eigenvalue weighted by molar-refractivity contribution is 5.98. The molecule has 0 saturated heterocycles. The molecular weight excluding hydrogens is 320 g/mol. The van der Waals surface area contributed by atoms with Crippen LogP contribution in [0.25, 0.3) is 0 Å². The molecule has 0 spiro atoms. The van der Waals surface area contributed by atoms with Crippen LogP contribution in [0.4, 0.5) is 17.1 Å². The zero-order chi connectivity index (χ0) is 18.1. The first-order valence-electron chi connectivity index (χ1n) is 8.91. The summed E-state index contributed by atoms with van der Waals surface area (Å²) in [4.78, 5) is 15.4. The van der Waals surface area contributed by atoms with E-state index in [9.17, 15) is 4.79 Å². The Morgan fingerprint density at radius 2 is 1.69 bits per heavy atom. The largest absolute Gasteiger partial charge is 0.344 e. The van der Waals surface area contributed by atoms with Crippen LogP contribution in [0, 0.1) is 6.92 Å². The fourth-order valence-electron chi connectivity index (χ4n) is 3.74. The molecule has 0 aliphatic carbocycles. The lowest BCUT2D eigenvalue weighted by atomic mass is 9.91. The van der Waals surface area contributed by atoms with Gasteiger partial charge < -0.3 is 10.2 Å². The number of anilines is 3. The molecule has 0 radical (unpaired) electrons. The van der Waals surface area contributed by atoms with E-state index in [4.69, 9.17) is 0 Å². The summed E-state index contributed by atoms with van der Waals surface area (Å²) in [5, 5.41) is 3.11. The van der Waals surface area contributed by atoms with E-state index in [-0.39, 0.29) is 11.8 Å². The average molecular weight is 342 g/mol. The first kappa shape index (κ1) is 16.4. The lowest BCUT2D eigenvalue weighted by Crippen LogP contribution is -2.23. The Morgan fingerprint density at radius 1 is 0.962 bits per heavy atom. The van der Waals surface area contributed by atoms with Crippen LogP contribution < -0.4 is 10.2 Å². The molecule has 0 fully saturated rings. The smallest absolute Gasteiger partial charge is 0.232 e. The first-order valence-corrected chi connectivity index (χ1v) is 8.91. The Kier molecular flexibility index (Phi) is 4.21. The summed E-state index contributed by atoms with van der Waals surface area (Å²) >= 11 is 0. The average Bonchev–Trinajstić information content (AvgIpc) is 2.77. The maximum absolute atomic E-state index is 13.2. The number of para-hydroxylation sites is 2. The molecule has 1 unspecified atom stereocenters. The molecule has 1 atom stereocenters. The monoisotopic (exact) mass is 342 g/mol. The first-order chi connectivity index (χ1) is 12.6. The Morgan fingerprint density at radius 3 is 2.50 bits per heavy atom. The van der Waals surface area contributed by atoms with E-state index in [1.807, 2.05) is 55.5 Å². The molecular formula is C23H22N2O. The van der Waals surface area contributed by atoms with Gasteiger partial charge in [0.2, 0.25) is 5.91 Å². The van der Waals surface area contributed by atoms with Crippen LogP contribution in [0.2, 0.25) is 0 Å². The van der Waals surface area contributed by atoms with Gasteiger partial charge in [0, 0.05) is 24.1 Å². The van der Waals surface area contributed by atoms with Gasteiger partial charge in [0.1, 0.15) is 0 Å². The number of rotatable bonds is 2. The maximum Gasteiger partial charge on any atom is 0.232 e. The third-order valence-electron chi connectivity index (χ3n) is 5.05. The molecule has 4 rings (SSSR count). The van der Waals surface area contributed by atoms with Crippen molar-refractivity contribution in [2.75, 3.05) is 17.3 Å². The molecule has 1 heterocycles. The van der Waals surface area contributed by atoms with Crippen molar-refractivity contribution in [3.63, 3.8) is 0 Å². The van der Waals surface area contributed by atoms with Crippen molar-refractivity contribution in [2.45, 2.75) is 19.3 Å². The van der Waals surface area contributed by atoms with Crippen LogP contribution in [-0.2, 0) is 11.2 Å². The number of hydrogen-bond donors (Lipinski definition) is 1. The number of nitrogens with zero attached hydrogens (tertiary/aromatic N) is 1. The lowest BCUT2D eigenvalue weighted by molar-refractivity contribution is -0.117. The Labute approximate surface area is 154 Å². The van der Waals surface area contributed by atoms with Crippen LogP contribution >= 0.6 is 0 Å². The number of fused-ring (bicyclic) bond motifs is 2. The molecule has 26 heavy (non-hydrogen) atoms. The number of carbonyl (C=O) groups is 1. The second-order valence-corrected chi connectivity index (χ2v) is 6.86. The van der Waals surface area contributed by atoms with Crippen LogP contribution in [-0.4, -0.2) is 13.0 Å². The summed E-state index contributed by atoms with van der Waals surface area (Å²) < 4.78 is 0. The normalized spacial score (nSPS) is 15.6. The predicted octanol–water partition coefficient (Wildman–Crippen LogP) is 5.04. The number of hydrogen-bond acceptors (Lipinski definition) is 2. The number of nitrogens with one attached hydrogen (secondary N) is 1. The molecule has 1 N–H and O–H groups in total. The van der Waals surface area contributed by atoms with Crippen molar-refractivity contribution in [1.82, 2.24) is 0 Å². The van der Waals surface area contributed by atoms with Crippen LogP contribution in [0.15, 0.2) is 72.8 Å². The molecule has 0 saturated carbocycles. The maximum atomic E-state index is 13.2. The van der Waals surface area contributed by atoms with Gasteiger partial charge in [-0.15, -0.1) is 0 Å². The van der Waals surface area contributed by atoms with Gasteiger partial charge in [-0.25, -0.2) is 0 Å². The van der Waals surface area contributed by atoms with Crippen LogP contribution in [0.1, 0.15) is 22.6 Å². The molecule has 3 nitrogen and oxygen atoms in total. The molecule has 1 amide bonds. The van der Waals surface area contributed by atoms with Crippen molar-refractivity contribution in [2.24, 2.45) is 0 Å². The van der Waals surface area contributed by atoms with Gasteiger partial charge in [-0.2, -0.15) is 0 Å². The van der Waals surface area contributed by atoms with E-state index in [0.29, 0.717) is 6.42 Å². The zero-order valence-electron chi connectivity index (χ0n) is 15.1. The fraction of sp³-hybridized carbons (Fsp3) is 0.174. The van der Waals surface area contributed by atoms with Gasteiger partial charge in [-0.1, -0.05) is 48.5 Å². The van der Waals surface area contributed by atoms with E-state index in [1.54, 1.807) is 0 Å². The highest BCUT2D eigenvalue weighted by Crippen LogP contribution is 2.40. The van der Waals surface area contributed by atoms with Gasteiger partial charge in [0.25, 0.3) is 0 Å². The summed E-state index contributed by atoms with van der Waals surface area (Å²) in [6, 6.07) is 24.4. The van der Waals surface area contributed by atoms with Gasteiger partial charge >= 0.3 is 0 Å². The molecule has 3 heteroatoms. The molecule has 130 valence electrons. The van der Waals surface area contributed by atoms with E-state index in [2.05, 4.69) is 41.5 Å². The van der Waals surface area contributed by atoms with Crippen molar-refractivity contribution in [3.05, 3.63) is 89.5 Å². The van der Waals surface area contributed by atoms with E-state index in [0.717, 1.165) is 28.2 Å². The van der Waals surface area contributed by atoms with Gasteiger partial charge in [0.05, 0.1) is 5.92 Å². The molecule has 0 aromatic heterocycles. The Balaban J connectivity index is 1.75. The topological polar surface area (TPSA) is 32.3 Å². The number of aryl methyl sites for hydroxylation is 1. The fourth-order valence-corrected chi connectivity index (χ4v) is 3.74. The van der Waals surface area contributed by atoms with Gasteiger partial charge in [-0.05, 0) is 54.3 Å². The second kappa shape index (κ2) is 6.68. The molecule has 3 aromatic carbocycles.